The first-order valence-corrected chi connectivity index (χ1v) is 21.2. The molecule has 0 fully saturated rings. The number of thiophene rings is 2. The molecule has 1 aliphatic carbocycles. The van der Waals surface area contributed by atoms with Gasteiger partial charge in [0.1, 0.15) is 0 Å². The van der Waals surface area contributed by atoms with E-state index >= 15 is 0 Å². The van der Waals surface area contributed by atoms with Crippen molar-refractivity contribution in [2.24, 2.45) is 0 Å². The summed E-state index contributed by atoms with van der Waals surface area (Å²) in [6.07, 6.45) is 8.09. The van der Waals surface area contributed by atoms with E-state index in [9.17, 15) is 0 Å². The van der Waals surface area contributed by atoms with Gasteiger partial charge in [-0.05, 0) is 81.8 Å². The van der Waals surface area contributed by atoms with Crippen molar-refractivity contribution in [2.75, 3.05) is 4.90 Å². The van der Waals surface area contributed by atoms with Crippen LogP contribution in [0.2, 0.25) is 0 Å². The molecular formula is C54H37NS2. The van der Waals surface area contributed by atoms with Crippen LogP contribution in [0.3, 0.4) is 0 Å². The zero-order valence-electron chi connectivity index (χ0n) is 31.2. The summed E-state index contributed by atoms with van der Waals surface area (Å²) in [5, 5.41) is 5.33. The Bertz CT molecular complexity index is 3150. The van der Waals surface area contributed by atoms with Crippen LogP contribution in [0.25, 0.3) is 79.3 Å². The van der Waals surface area contributed by atoms with Crippen molar-refractivity contribution >= 4 is 80.0 Å². The smallest absolute Gasteiger partial charge is 0.0560 e. The fourth-order valence-corrected chi connectivity index (χ4v) is 11.2. The second-order valence-corrected chi connectivity index (χ2v) is 16.9. The summed E-state index contributed by atoms with van der Waals surface area (Å²) in [5.74, 6) is 0. The quantitative estimate of drug-likeness (QED) is 0.156. The van der Waals surface area contributed by atoms with Crippen LogP contribution in [0, 0.1) is 0 Å². The molecule has 2 aromatic heterocycles. The van der Waals surface area contributed by atoms with Crippen LogP contribution in [0.4, 0.5) is 11.4 Å². The predicted molar refractivity (Wildman–Crippen MR) is 249 cm³/mol. The van der Waals surface area contributed by atoms with Gasteiger partial charge in [-0.2, -0.15) is 0 Å². The molecule has 8 aromatic carbocycles. The monoisotopic (exact) mass is 763 g/mol. The van der Waals surface area contributed by atoms with Gasteiger partial charge in [-0.3, -0.25) is 0 Å². The Morgan fingerprint density at radius 3 is 1.51 bits per heavy atom. The highest BCUT2D eigenvalue weighted by Crippen LogP contribution is 2.44. The third-order valence-electron chi connectivity index (χ3n) is 11.5. The van der Waals surface area contributed by atoms with E-state index in [2.05, 4.69) is 211 Å². The zero-order chi connectivity index (χ0) is 37.7. The minimum Gasteiger partial charge on any atom is -0.334 e. The first kappa shape index (κ1) is 33.8. The van der Waals surface area contributed by atoms with Gasteiger partial charge in [-0.1, -0.05) is 170 Å². The van der Waals surface area contributed by atoms with Crippen molar-refractivity contribution in [3.05, 3.63) is 212 Å². The maximum absolute atomic E-state index is 2.51. The fraction of sp³-hybridized carbons (Fsp3) is 0.0370. The molecule has 0 amide bonds. The van der Waals surface area contributed by atoms with Gasteiger partial charge in [0.05, 0.1) is 6.04 Å². The van der Waals surface area contributed by atoms with Crippen LogP contribution < -0.4 is 4.90 Å². The van der Waals surface area contributed by atoms with E-state index in [-0.39, 0.29) is 6.04 Å². The van der Waals surface area contributed by atoms with Gasteiger partial charge < -0.3 is 4.90 Å². The predicted octanol–water partition coefficient (Wildman–Crippen LogP) is 16.0. The van der Waals surface area contributed by atoms with Gasteiger partial charge >= 0.3 is 0 Å². The Hall–Kier alpha value is -6.52. The summed E-state index contributed by atoms with van der Waals surface area (Å²) in [7, 11) is 0. The lowest BCUT2D eigenvalue weighted by atomic mass is 9.93. The number of benzene rings is 8. The molecule has 3 heteroatoms. The Morgan fingerprint density at radius 2 is 0.877 bits per heavy atom. The lowest BCUT2D eigenvalue weighted by Crippen LogP contribution is -2.30. The Labute approximate surface area is 340 Å². The summed E-state index contributed by atoms with van der Waals surface area (Å²) in [6, 6.07) is 69.0. The zero-order valence-corrected chi connectivity index (χ0v) is 32.8. The van der Waals surface area contributed by atoms with Crippen molar-refractivity contribution in [3.63, 3.8) is 0 Å². The summed E-state index contributed by atoms with van der Waals surface area (Å²) < 4.78 is 5.37. The van der Waals surface area contributed by atoms with Crippen molar-refractivity contribution in [1.82, 2.24) is 0 Å². The molecule has 1 aliphatic rings. The standard InChI is InChI=1S/C54H37NS2/c1-2-12-36(13-3-1)37-24-30-40(31-25-37)55(42-34-28-39(29-35-42)44-18-10-20-49-46-16-6-8-22-51(46)56-53(44)49)41-32-26-38(27-33-41)43-14-4-5-15-45(43)48-19-11-21-50-47-17-7-9-23-52(47)57-54(48)50/h1-34,42H,35H2. The van der Waals surface area contributed by atoms with E-state index in [1.165, 1.54) is 96.2 Å². The molecule has 1 atom stereocenters. The van der Waals surface area contributed by atoms with Gasteiger partial charge in [0.25, 0.3) is 0 Å². The Balaban J connectivity index is 0.961. The molecular weight excluding hydrogens is 727 g/mol. The second kappa shape index (κ2) is 14.2. The van der Waals surface area contributed by atoms with E-state index in [0.29, 0.717) is 0 Å². The van der Waals surface area contributed by atoms with E-state index in [4.69, 9.17) is 0 Å². The molecule has 1 nitrogen and oxygen atoms in total. The average Bonchev–Trinajstić information content (AvgIpc) is 3.87. The maximum atomic E-state index is 2.51. The molecule has 57 heavy (non-hydrogen) atoms. The molecule has 0 spiro atoms. The molecule has 10 aromatic rings. The van der Waals surface area contributed by atoms with Gasteiger partial charge in [-0.15, -0.1) is 22.7 Å². The molecule has 0 aliphatic heterocycles. The summed E-state index contributed by atoms with van der Waals surface area (Å²) in [4.78, 5) is 2.51. The normalized spacial score (nSPS) is 14.1. The number of nitrogens with zero attached hydrogens (tertiary/aromatic N) is 1. The summed E-state index contributed by atoms with van der Waals surface area (Å²) >= 11 is 3.79. The van der Waals surface area contributed by atoms with Crippen LogP contribution in [-0.4, -0.2) is 6.04 Å². The van der Waals surface area contributed by atoms with Gasteiger partial charge in [0.2, 0.25) is 0 Å². The number of hydrogen-bond donors (Lipinski definition) is 0. The summed E-state index contributed by atoms with van der Waals surface area (Å²) in [6.45, 7) is 0. The van der Waals surface area contributed by atoms with Crippen LogP contribution in [0.15, 0.2) is 206 Å². The fourth-order valence-electron chi connectivity index (χ4n) is 8.68. The van der Waals surface area contributed by atoms with Crippen LogP contribution in [-0.2, 0) is 0 Å². The third kappa shape index (κ3) is 5.99. The Kier molecular flexibility index (Phi) is 8.42. The topological polar surface area (TPSA) is 3.24 Å². The highest BCUT2D eigenvalue weighted by atomic mass is 32.1. The van der Waals surface area contributed by atoms with Gasteiger partial charge in [0, 0.05) is 57.3 Å². The molecule has 0 bridgehead atoms. The first-order valence-electron chi connectivity index (χ1n) is 19.6. The molecule has 0 saturated carbocycles. The molecule has 1 unspecified atom stereocenters. The van der Waals surface area contributed by atoms with Crippen LogP contribution in [0.1, 0.15) is 12.0 Å². The third-order valence-corrected chi connectivity index (χ3v) is 13.9. The number of allylic oxidation sites excluding steroid dienone is 2. The lowest BCUT2D eigenvalue weighted by Gasteiger charge is -2.33. The van der Waals surface area contributed by atoms with E-state index in [1.807, 2.05) is 22.7 Å². The highest BCUT2D eigenvalue weighted by molar-refractivity contribution is 7.26. The number of rotatable bonds is 7. The van der Waals surface area contributed by atoms with E-state index in [0.717, 1.165) is 6.42 Å². The maximum Gasteiger partial charge on any atom is 0.0560 e. The molecule has 0 radical (unpaired) electrons. The average molecular weight is 764 g/mol. The van der Waals surface area contributed by atoms with Crippen molar-refractivity contribution in [3.8, 4) is 33.4 Å². The highest BCUT2D eigenvalue weighted by Gasteiger charge is 2.23. The molecule has 2 heterocycles. The van der Waals surface area contributed by atoms with E-state index in [1.54, 1.807) is 0 Å². The van der Waals surface area contributed by atoms with Crippen molar-refractivity contribution in [1.29, 1.82) is 0 Å². The largest absolute Gasteiger partial charge is 0.334 e. The first-order chi connectivity index (χ1) is 28.3. The van der Waals surface area contributed by atoms with Gasteiger partial charge in [-0.25, -0.2) is 0 Å². The summed E-state index contributed by atoms with van der Waals surface area (Å²) in [5.41, 5.74) is 12.4. The minimum atomic E-state index is 0.154. The van der Waals surface area contributed by atoms with Crippen molar-refractivity contribution in [2.45, 2.75) is 12.5 Å². The number of hydrogen-bond acceptors (Lipinski definition) is 3. The van der Waals surface area contributed by atoms with Gasteiger partial charge in [0.15, 0.2) is 0 Å². The molecule has 0 saturated heterocycles. The van der Waals surface area contributed by atoms with Crippen molar-refractivity contribution < 1.29 is 0 Å². The number of fused-ring (bicyclic) bond motifs is 6. The molecule has 11 rings (SSSR count). The molecule has 0 N–H and O–H groups in total. The SMILES string of the molecule is C1=CC(N(c2ccc(-c3ccccc3)cc2)c2ccc(-c3ccccc3-c3cccc4c3sc3ccccc34)cc2)CC=C1c1cccc2c1sc1ccccc12. The van der Waals surface area contributed by atoms with Crippen LogP contribution >= 0.6 is 22.7 Å². The Morgan fingerprint density at radius 1 is 0.386 bits per heavy atom. The van der Waals surface area contributed by atoms with Crippen LogP contribution in [0.5, 0.6) is 0 Å². The minimum absolute atomic E-state index is 0.154. The second-order valence-electron chi connectivity index (χ2n) is 14.8. The van der Waals surface area contributed by atoms with E-state index < -0.39 is 0 Å². The number of anilines is 2. The molecule has 270 valence electrons. The lowest BCUT2D eigenvalue weighted by molar-refractivity contribution is 0.787.